The highest BCUT2D eigenvalue weighted by Gasteiger charge is 2.18. The molecule has 1 fully saturated rings. The Morgan fingerprint density at radius 3 is 3.09 bits per heavy atom. The molecule has 1 aromatic carbocycles. The fourth-order valence-corrected chi connectivity index (χ4v) is 2.74. The van der Waals surface area contributed by atoms with E-state index in [1.54, 1.807) is 7.11 Å². The molecular formula is C16H22N4O2. The molecule has 6 heteroatoms. The lowest BCUT2D eigenvalue weighted by Gasteiger charge is -2.30. The second-order valence-electron chi connectivity index (χ2n) is 5.79. The Bertz CT molecular complexity index is 641. The van der Waals surface area contributed by atoms with Crippen LogP contribution in [0.25, 0.3) is 11.4 Å². The summed E-state index contributed by atoms with van der Waals surface area (Å²) < 4.78 is 10.7. The van der Waals surface area contributed by atoms with Gasteiger partial charge in [-0.05, 0) is 25.5 Å². The van der Waals surface area contributed by atoms with Gasteiger partial charge in [0.2, 0.25) is 11.7 Å². The maximum absolute atomic E-state index is 5.40. The van der Waals surface area contributed by atoms with Gasteiger partial charge >= 0.3 is 0 Å². The minimum atomic E-state index is 0.498. The van der Waals surface area contributed by atoms with Crippen molar-refractivity contribution in [2.45, 2.75) is 26.4 Å². The minimum absolute atomic E-state index is 0.498. The predicted octanol–water partition coefficient (Wildman–Crippen LogP) is 1.85. The van der Waals surface area contributed by atoms with E-state index in [9.17, 15) is 0 Å². The van der Waals surface area contributed by atoms with Crippen molar-refractivity contribution in [3.8, 4) is 17.1 Å². The first-order valence-corrected chi connectivity index (χ1v) is 7.59. The van der Waals surface area contributed by atoms with Gasteiger partial charge in [-0.1, -0.05) is 17.3 Å². The van der Waals surface area contributed by atoms with E-state index < -0.39 is 0 Å². The number of ether oxygens (including phenoxy) is 1. The third-order valence-corrected chi connectivity index (χ3v) is 3.95. The smallest absolute Gasteiger partial charge is 0.241 e. The normalized spacial score (nSPS) is 19.3. The number of hydrogen-bond donors (Lipinski definition) is 1. The van der Waals surface area contributed by atoms with Gasteiger partial charge in [-0.2, -0.15) is 4.98 Å². The molecule has 118 valence electrons. The molecule has 1 aliphatic heterocycles. The summed E-state index contributed by atoms with van der Waals surface area (Å²) in [7, 11) is 1.67. The molecule has 22 heavy (non-hydrogen) atoms. The van der Waals surface area contributed by atoms with E-state index in [1.165, 1.54) is 0 Å². The summed E-state index contributed by atoms with van der Waals surface area (Å²) >= 11 is 0. The van der Waals surface area contributed by atoms with Gasteiger partial charge in [-0.3, -0.25) is 4.90 Å². The van der Waals surface area contributed by atoms with E-state index in [0.717, 1.165) is 36.5 Å². The van der Waals surface area contributed by atoms with Crippen molar-refractivity contribution in [1.82, 2.24) is 20.4 Å². The number of rotatable bonds is 4. The van der Waals surface area contributed by atoms with Crippen molar-refractivity contribution >= 4 is 0 Å². The van der Waals surface area contributed by atoms with Gasteiger partial charge < -0.3 is 14.6 Å². The van der Waals surface area contributed by atoms with Gasteiger partial charge in [-0.15, -0.1) is 0 Å². The zero-order valence-corrected chi connectivity index (χ0v) is 13.3. The van der Waals surface area contributed by atoms with Gasteiger partial charge in [0.25, 0.3) is 0 Å². The highest BCUT2D eigenvalue weighted by molar-refractivity contribution is 5.58. The number of piperazine rings is 1. The van der Waals surface area contributed by atoms with Gasteiger partial charge in [0, 0.05) is 31.2 Å². The molecule has 0 bridgehead atoms. The Hall–Kier alpha value is -1.92. The number of nitrogens with one attached hydrogen (secondary N) is 1. The molecule has 0 aliphatic carbocycles. The largest absolute Gasteiger partial charge is 0.496 e. The van der Waals surface area contributed by atoms with Crippen LogP contribution in [0.1, 0.15) is 18.4 Å². The minimum Gasteiger partial charge on any atom is -0.496 e. The van der Waals surface area contributed by atoms with Crippen LogP contribution in [-0.4, -0.2) is 47.8 Å². The number of aryl methyl sites for hydroxylation is 1. The number of benzene rings is 1. The van der Waals surface area contributed by atoms with Gasteiger partial charge in [-0.25, -0.2) is 0 Å². The first kappa shape index (κ1) is 15.0. The van der Waals surface area contributed by atoms with Crippen LogP contribution in [0, 0.1) is 6.92 Å². The van der Waals surface area contributed by atoms with E-state index in [4.69, 9.17) is 9.26 Å². The average molecular weight is 302 g/mol. The van der Waals surface area contributed by atoms with E-state index in [-0.39, 0.29) is 0 Å². The van der Waals surface area contributed by atoms with Crippen molar-refractivity contribution in [3.05, 3.63) is 29.7 Å². The van der Waals surface area contributed by atoms with E-state index in [1.807, 2.05) is 25.1 Å². The van der Waals surface area contributed by atoms with Crippen molar-refractivity contribution < 1.29 is 9.26 Å². The summed E-state index contributed by atoms with van der Waals surface area (Å²) in [4.78, 5) is 6.84. The Kier molecular flexibility index (Phi) is 4.40. The number of methoxy groups -OCH3 is 1. The summed E-state index contributed by atoms with van der Waals surface area (Å²) in [6, 6.07) is 6.43. The van der Waals surface area contributed by atoms with Crippen LogP contribution in [0.15, 0.2) is 22.7 Å². The molecule has 1 N–H and O–H groups in total. The Balaban J connectivity index is 1.73. The van der Waals surface area contributed by atoms with Gasteiger partial charge in [0.1, 0.15) is 5.75 Å². The summed E-state index contributed by atoms with van der Waals surface area (Å²) in [5.74, 6) is 2.10. The Morgan fingerprint density at radius 1 is 1.45 bits per heavy atom. The molecule has 0 saturated carbocycles. The van der Waals surface area contributed by atoms with Crippen LogP contribution in [0.2, 0.25) is 0 Å². The maximum atomic E-state index is 5.40. The van der Waals surface area contributed by atoms with Crippen molar-refractivity contribution in [2.75, 3.05) is 26.7 Å². The molecule has 1 unspecified atom stereocenters. The van der Waals surface area contributed by atoms with Crippen LogP contribution in [0.5, 0.6) is 5.75 Å². The van der Waals surface area contributed by atoms with Crippen LogP contribution >= 0.6 is 0 Å². The first-order valence-electron chi connectivity index (χ1n) is 7.59. The zero-order chi connectivity index (χ0) is 15.5. The summed E-state index contributed by atoms with van der Waals surface area (Å²) in [5, 5.41) is 7.52. The highest BCUT2D eigenvalue weighted by atomic mass is 16.5. The third kappa shape index (κ3) is 3.28. The molecule has 2 aromatic rings. The standard InChI is InChI=1S/C16H22N4O2/c1-11-4-5-13(8-14(11)21-3)16-18-15(22-19-16)10-20-7-6-17-12(2)9-20/h4-5,8,12,17H,6-7,9-10H2,1-3H3. The second-order valence-corrected chi connectivity index (χ2v) is 5.79. The molecule has 1 atom stereocenters. The quantitative estimate of drug-likeness (QED) is 0.930. The maximum Gasteiger partial charge on any atom is 0.241 e. The first-order chi connectivity index (χ1) is 10.7. The van der Waals surface area contributed by atoms with Gasteiger partial charge in [0.05, 0.1) is 13.7 Å². The second kappa shape index (κ2) is 6.46. The van der Waals surface area contributed by atoms with Crippen molar-refractivity contribution in [1.29, 1.82) is 0 Å². The summed E-state index contributed by atoms with van der Waals surface area (Å²) in [6.07, 6.45) is 0. The summed E-state index contributed by atoms with van der Waals surface area (Å²) in [5.41, 5.74) is 2.00. The lowest BCUT2D eigenvalue weighted by atomic mass is 10.1. The number of hydrogen-bond acceptors (Lipinski definition) is 6. The monoisotopic (exact) mass is 302 g/mol. The molecular weight excluding hydrogens is 280 g/mol. The molecule has 1 aromatic heterocycles. The summed E-state index contributed by atoms with van der Waals surface area (Å²) in [6.45, 7) is 7.88. The molecule has 0 spiro atoms. The number of aromatic nitrogens is 2. The SMILES string of the molecule is COc1cc(-c2noc(CN3CCNC(C)C3)n2)ccc1C. The molecule has 0 amide bonds. The lowest BCUT2D eigenvalue weighted by Crippen LogP contribution is -2.48. The fourth-order valence-electron chi connectivity index (χ4n) is 2.74. The molecule has 3 rings (SSSR count). The van der Waals surface area contributed by atoms with Crippen LogP contribution in [0.4, 0.5) is 0 Å². The molecule has 2 heterocycles. The zero-order valence-electron chi connectivity index (χ0n) is 13.3. The molecule has 1 aliphatic rings. The Labute approximate surface area is 130 Å². The van der Waals surface area contributed by atoms with E-state index in [0.29, 0.717) is 24.3 Å². The van der Waals surface area contributed by atoms with Crippen molar-refractivity contribution in [3.63, 3.8) is 0 Å². The predicted molar refractivity (Wildman–Crippen MR) is 83.8 cm³/mol. The van der Waals surface area contributed by atoms with Crippen LogP contribution < -0.4 is 10.1 Å². The van der Waals surface area contributed by atoms with E-state index >= 15 is 0 Å². The number of nitrogens with zero attached hydrogens (tertiary/aromatic N) is 3. The third-order valence-electron chi connectivity index (χ3n) is 3.95. The van der Waals surface area contributed by atoms with Crippen LogP contribution in [0.3, 0.4) is 0 Å². The highest BCUT2D eigenvalue weighted by Crippen LogP contribution is 2.25. The molecule has 1 saturated heterocycles. The molecule has 0 radical (unpaired) electrons. The van der Waals surface area contributed by atoms with Gasteiger partial charge in [0.15, 0.2) is 0 Å². The van der Waals surface area contributed by atoms with Crippen molar-refractivity contribution in [2.24, 2.45) is 0 Å². The fraction of sp³-hybridized carbons (Fsp3) is 0.500. The van der Waals surface area contributed by atoms with Crippen LogP contribution in [-0.2, 0) is 6.54 Å². The Morgan fingerprint density at radius 2 is 2.32 bits per heavy atom. The molecule has 6 nitrogen and oxygen atoms in total. The topological polar surface area (TPSA) is 63.4 Å². The lowest BCUT2D eigenvalue weighted by molar-refractivity contribution is 0.177. The van der Waals surface area contributed by atoms with E-state index in [2.05, 4.69) is 27.3 Å². The average Bonchev–Trinajstić information content (AvgIpc) is 2.96.